The van der Waals surface area contributed by atoms with Gasteiger partial charge in [0.05, 0.1) is 24.5 Å². The number of hydrogen-bond donors (Lipinski definition) is 2. The predicted molar refractivity (Wildman–Crippen MR) is 89.2 cm³/mol. The Bertz CT molecular complexity index is 529. The Balaban J connectivity index is 1.95. The monoisotopic (exact) mass is 319 g/mol. The summed E-state index contributed by atoms with van der Waals surface area (Å²) in [4.78, 5) is 14.4. The Labute approximate surface area is 137 Å². The fraction of sp³-hybridized carbons (Fsp3) is 0.529. The molecule has 2 heterocycles. The molecule has 2 N–H and O–H groups in total. The minimum atomic E-state index is -0.147. The number of rotatable bonds is 7. The number of Topliss-reactive ketones (excluding diaryl/α,β-unsaturated/α-hetero) is 1. The standard InChI is InChI=1S/C17H25N3O3/c1-13(2)17(21)15(12-18)16-11-14(3-4-19-16)23-10-7-20-5-8-22-9-6-20/h3-4,11-13,18-19H,5-10H2,1-2H3/b16-15+,18-12?. The molecule has 0 aromatic carbocycles. The van der Waals surface area contributed by atoms with Crippen LogP contribution < -0.4 is 5.32 Å². The van der Waals surface area contributed by atoms with Gasteiger partial charge in [-0.05, 0) is 6.08 Å². The van der Waals surface area contributed by atoms with E-state index in [1.807, 2.05) is 19.9 Å². The molecular formula is C17H25N3O3. The number of hydrogen-bond acceptors (Lipinski definition) is 6. The lowest BCUT2D eigenvalue weighted by Crippen LogP contribution is -2.38. The Morgan fingerprint density at radius 3 is 2.87 bits per heavy atom. The second kappa shape index (κ2) is 8.64. The third kappa shape index (κ3) is 5.04. The molecule has 0 aromatic heterocycles. The number of nitrogens with zero attached hydrogens (tertiary/aromatic N) is 1. The summed E-state index contributed by atoms with van der Waals surface area (Å²) in [5.74, 6) is 0.496. The maximum atomic E-state index is 12.1. The van der Waals surface area contributed by atoms with E-state index in [9.17, 15) is 4.79 Å². The summed E-state index contributed by atoms with van der Waals surface area (Å²) in [6.07, 6.45) is 6.44. The second-order valence-corrected chi connectivity index (χ2v) is 5.82. The van der Waals surface area contributed by atoms with Crippen LogP contribution in [0.3, 0.4) is 0 Å². The Hall–Kier alpha value is -1.92. The minimum Gasteiger partial charge on any atom is -0.492 e. The van der Waals surface area contributed by atoms with Crippen LogP contribution in [-0.2, 0) is 14.3 Å². The average molecular weight is 319 g/mol. The first-order valence-electron chi connectivity index (χ1n) is 7.98. The average Bonchev–Trinajstić information content (AvgIpc) is 2.57. The summed E-state index contributed by atoms with van der Waals surface area (Å²) < 4.78 is 11.1. The van der Waals surface area contributed by atoms with Crippen LogP contribution in [0.2, 0.25) is 0 Å². The van der Waals surface area contributed by atoms with Crippen molar-refractivity contribution >= 4 is 12.0 Å². The highest BCUT2D eigenvalue weighted by atomic mass is 16.5. The van der Waals surface area contributed by atoms with Gasteiger partial charge in [0.15, 0.2) is 5.78 Å². The summed E-state index contributed by atoms with van der Waals surface area (Å²) in [6, 6.07) is 0. The van der Waals surface area contributed by atoms with E-state index in [1.54, 1.807) is 12.3 Å². The third-order valence-corrected chi connectivity index (χ3v) is 3.78. The largest absolute Gasteiger partial charge is 0.492 e. The van der Waals surface area contributed by atoms with E-state index in [2.05, 4.69) is 10.2 Å². The fourth-order valence-corrected chi connectivity index (χ4v) is 2.40. The van der Waals surface area contributed by atoms with Crippen molar-refractivity contribution in [1.29, 1.82) is 5.41 Å². The van der Waals surface area contributed by atoms with Gasteiger partial charge in [-0.2, -0.15) is 0 Å². The van der Waals surface area contributed by atoms with Crippen molar-refractivity contribution < 1.29 is 14.3 Å². The van der Waals surface area contributed by atoms with Gasteiger partial charge in [0.25, 0.3) is 0 Å². The number of carbonyl (C=O) groups is 1. The van der Waals surface area contributed by atoms with Crippen molar-refractivity contribution in [3.05, 3.63) is 35.4 Å². The first-order valence-corrected chi connectivity index (χ1v) is 7.98. The van der Waals surface area contributed by atoms with Gasteiger partial charge in [0, 0.05) is 44.0 Å². The number of ketones is 1. The van der Waals surface area contributed by atoms with E-state index in [4.69, 9.17) is 14.9 Å². The maximum absolute atomic E-state index is 12.1. The predicted octanol–water partition coefficient (Wildman–Crippen LogP) is 1.46. The molecule has 23 heavy (non-hydrogen) atoms. The van der Waals surface area contributed by atoms with Crippen LogP contribution >= 0.6 is 0 Å². The zero-order valence-electron chi connectivity index (χ0n) is 13.8. The summed E-state index contributed by atoms with van der Waals surface area (Å²) in [5.41, 5.74) is 0.987. The molecule has 0 spiro atoms. The molecule has 1 fully saturated rings. The molecule has 0 bridgehead atoms. The summed E-state index contributed by atoms with van der Waals surface area (Å²) in [5, 5.41) is 10.5. The van der Waals surface area contributed by atoms with Crippen molar-refractivity contribution in [3.8, 4) is 0 Å². The smallest absolute Gasteiger partial charge is 0.169 e. The van der Waals surface area contributed by atoms with Crippen molar-refractivity contribution in [2.45, 2.75) is 13.8 Å². The zero-order chi connectivity index (χ0) is 16.7. The summed E-state index contributed by atoms with van der Waals surface area (Å²) >= 11 is 0. The lowest BCUT2D eigenvalue weighted by atomic mass is 9.99. The maximum Gasteiger partial charge on any atom is 0.169 e. The van der Waals surface area contributed by atoms with Crippen molar-refractivity contribution in [2.75, 3.05) is 39.5 Å². The first kappa shape index (κ1) is 17.4. The van der Waals surface area contributed by atoms with Crippen LogP contribution in [0.4, 0.5) is 0 Å². The number of morpholine rings is 1. The molecule has 6 nitrogen and oxygen atoms in total. The van der Waals surface area contributed by atoms with Crippen molar-refractivity contribution in [1.82, 2.24) is 10.2 Å². The molecule has 0 aliphatic carbocycles. The molecule has 0 unspecified atom stereocenters. The minimum absolute atomic E-state index is 0.0540. The number of dihydropyridines is 1. The highest BCUT2D eigenvalue weighted by Gasteiger charge is 2.17. The Kier molecular flexibility index (Phi) is 6.55. The van der Waals surface area contributed by atoms with Gasteiger partial charge in [-0.25, -0.2) is 0 Å². The summed E-state index contributed by atoms with van der Waals surface area (Å²) in [7, 11) is 0. The van der Waals surface area contributed by atoms with Gasteiger partial charge >= 0.3 is 0 Å². The molecule has 2 rings (SSSR count). The number of allylic oxidation sites excluding steroid dienone is 3. The quantitative estimate of drug-likeness (QED) is 0.549. The molecule has 6 heteroatoms. The number of ether oxygens (including phenoxy) is 2. The van der Waals surface area contributed by atoms with Crippen LogP contribution in [0.25, 0.3) is 0 Å². The highest BCUT2D eigenvalue weighted by molar-refractivity contribution is 6.14. The molecule has 0 radical (unpaired) electrons. The Morgan fingerprint density at radius 1 is 1.48 bits per heavy atom. The zero-order valence-corrected chi connectivity index (χ0v) is 13.8. The Morgan fingerprint density at radius 2 is 2.22 bits per heavy atom. The van der Waals surface area contributed by atoms with Gasteiger partial charge in [-0.3, -0.25) is 9.69 Å². The highest BCUT2D eigenvalue weighted by Crippen LogP contribution is 2.15. The van der Waals surface area contributed by atoms with Crippen LogP contribution in [0, 0.1) is 11.3 Å². The van der Waals surface area contributed by atoms with E-state index in [0.29, 0.717) is 23.6 Å². The van der Waals surface area contributed by atoms with E-state index in [1.165, 1.54) is 0 Å². The van der Waals surface area contributed by atoms with Crippen LogP contribution in [0.1, 0.15) is 13.8 Å². The SMILES string of the molecule is CC(C)C(=O)/C(C=N)=C1\C=C(OCCN2CCOCC2)C=CN1. The van der Waals surface area contributed by atoms with E-state index >= 15 is 0 Å². The topological polar surface area (TPSA) is 74.7 Å². The molecule has 0 atom stereocenters. The van der Waals surface area contributed by atoms with Gasteiger partial charge in [-0.1, -0.05) is 13.8 Å². The first-order chi connectivity index (χ1) is 11.1. The van der Waals surface area contributed by atoms with E-state index < -0.39 is 0 Å². The van der Waals surface area contributed by atoms with Gasteiger partial charge in [-0.15, -0.1) is 0 Å². The summed E-state index contributed by atoms with van der Waals surface area (Å²) in [6.45, 7) is 8.52. The van der Waals surface area contributed by atoms with Crippen LogP contribution in [-0.4, -0.2) is 56.4 Å². The normalized spacial score (nSPS) is 20.7. The molecule has 0 aromatic rings. The number of carbonyl (C=O) groups excluding carboxylic acids is 1. The van der Waals surface area contributed by atoms with Gasteiger partial charge in [0.2, 0.25) is 0 Å². The van der Waals surface area contributed by atoms with Crippen molar-refractivity contribution in [2.24, 2.45) is 5.92 Å². The molecule has 2 aliphatic heterocycles. The van der Waals surface area contributed by atoms with Crippen LogP contribution in [0.15, 0.2) is 35.4 Å². The molecule has 2 aliphatic rings. The van der Waals surface area contributed by atoms with Crippen LogP contribution in [0.5, 0.6) is 0 Å². The van der Waals surface area contributed by atoms with Gasteiger partial charge in [0.1, 0.15) is 12.4 Å². The van der Waals surface area contributed by atoms with E-state index in [0.717, 1.165) is 39.1 Å². The third-order valence-electron chi connectivity index (χ3n) is 3.78. The van der Waals surface area contributed by atoms with E-state index in [-0.39, 0.29) is 11.7 Å². The molecule has 0 amide bonds. The molecule has 126 valence electrons. The lowest BCUT2D eigenvalue weighted by Gasteiger charge is -2.26. The number of nitrogens with one attached hydrogen (secondary N) is 2. The van der Waals surface area contributed by atoms with Gasteiger partial charge < -0.3 is 20.2 Å². The van der Waals surface area contributed by atoms with Crippen molar-refractivity contribution in [3.63, 3.8) is 0 Å². The molecule has 0 saturated carbocycles. The molecular weight excluding hydrogens is 294 g/mol. The lowest BCUT2D eigenvalue weighted by molar-refractivity contribution is -0.117. The second-order valence-electron chi connectivity index (χ2n) is 5.82. The molecule has 1 saturated heterocycles. The fourth-order valence-electron chi connectivity index (χ4n) is 2.40.